The number of ether oxygens (including phenoxy) is 1. The number of nitrogens with one attached hydrogen (secondary N) is 1. The lowest BCUT2D eigenvalue weighted by Crippen LogP contribution is -2.21. The summed E-state index contributed by atoms with van der Waals surface area (Å²) in [6.07, 6.45) is 6.58. The van der Waals surface area contributed by atoms with Gasteiger partial charge in [0.1, 0.15) is 5.75 Å². The third-order valence-electron chi connectivity index (χ3n) is 5.79. The van der Waals surface area contributed by atoms with Gasteiger partial charge in [0.05, 0.1) is 7.11 Å². The Kier molecular flexibility index (Phi) is 8.08. The number of hydrogen-bond donors (Lipinski definition) is 1. The molecule has 4 aromatic rings. The lowest BCUT2D eigenvalue weighted by atomic mass is 10.2. The number of anilines is 2. The average molecular weight is 483 g/mol. The minimum atomic E-state index is -0.312. The fourth-order valence-electron chi connectivity index (χ4n) is 3.75. The molecule has 2 aromatic carbocycles. The van der Waals surface area contributed by atoms with E-state index in [2.05, 4.69) is 63.4 Å². The predicted molar refractivity (Wildman–Crippen MR) is 143 cm³/mol. The minimum Gasteiger partial charge on any atom is -0.497 e. The van der Waals surface area contributed by atoms with Crippen LogP contribution in [-0.2, 0) is 6.54 Å². The van der Waals surface area contributed by atoms with E-state index in [4.69, 9.17) is 4.74 Å². The first-order chi connectivity index (χ1) is 17.6. The van der Waals surface area contributed by atoms with Gasteiger partial charge in [-0.25, -0.2) is 0 Å². The molecule has 8 heteroatoms. The number of pyridine rings is 1. The van der Waals surface area contributed by atoms with Gasteiger partial charge in [-0.05, 0) is 67.4 Å². The Hall–Kier alpha value is -4.46. The van der Waals surface area contributed by atoms with Crippen LogP contribution in [0, 0.1) is 0 Å². The number of carbonyl (C=O) groups is 1. The van der Waals surface area contributed by atoms with Gasteiger partial charge in [0.2, 0.25) is 5.95 Å². The Balaban J connectivity index is 1.55. The molecule has 0 bridgehead atoms. The number of benzene rings is 2. The van der Waals surface area contributed by atoms with E-state index in [-0.39, 0.29) is 5.91 Å². The van der Waals surface area contributed by atoms with Gasteiger partial charge in [0.25, 0.3) is 5.91 Å². The van der Waals surface area contributed by atoms with Crippen LogP contribution in [0.15, 0.2) is 79.1 Å². The number of aromatic nitrogens is 4. The van der Waals surface area contributed by atoms with Crippen molar-refractivity contribution in [2.75, 3.05) is 30.4 Å². The number of rotatable bonds is 10. The Morgan fingerprint density at radius 1 is 1.06 bits per heavy atom. The Morgan fingerprint density at radius 3 is 2.44 bits per heavy atom. The zero-order valence-electron chi connectivity index (χ0n) is 20.8. The molecule has 0 aliphatic carbocycles. The van der Waals surface area contributed by atoms with E-state index in [0.717, 1.165) is 35.5 Å². The summed E-state index contributed by atoms with van der Waals surface area (Å²) in [5, 5.41) is 7.74. The predicted octanol–water partition coefficient (Wildman–Crippen LogP) is 5.16. The molecule has 4 rings (SSSR count). The number of allylic oxidation sites excluding steroid dienone is 1. The first-order valence-electron chi connectivity index (χ1n) is 11.9. The number of hydrogen-bond acceptors (Lipinski definition) is 7. The van der Waals surface area contributed by atoms with E-state index in [9.17, 15) is 4.79 Å². The van der Waals surface area contributed by atoms with Crippen LogP contribution in [0.1, 0.15) is 29.8 Å². The molecule has 0 amide bonds. The molecule has 0 saturated carbocycles. The van der Waals surface area contributed by atoms with Crippen molar-refractivity contribution in [1.82, 2.24) is 19.7 Å². The second-order valence-corrected chi connectivity index (χ2v) is 8.05. The molecule has 0 unspecified atom stereocenters. The van der Waals surface area contributed by atoms with Crippen molar-refractivity contribution in [3.63, 3.8) is 0 Å². The molecule has 0 aliphatic heterocycles. The minimum absolute atomic E-state index is 0.312. The zero-order chi connectivity index (χ0) is 25.3. The molecule has 36 heavy (non-hydrogen) atoms. The molecule has 0 spiro atoms. The van der Waals surface area contributed by atoms with E-state index in [1.165, 1.54) is 16.4 Å². The van der Waals surface area contributed by atoms with Crippen LogP contribution in [0.25, 0.3) is 17.5 Å². The summed E-state index contributed by atoms with van der Waals surface area (Å²) < 4.78 is 6.47. The summed E-state index contributed by atoms with van der Waals surface area (Å²) in [5.41, 5.74) is 3.86. The van der Waals surface area contributed by atoms with Crippen LogP contribution in [0.4, 0.5) is 11.6 Å². The molecule has 2 aromatic heterocycles. The summed E-state index contributed by atoms with van der Waals surface area (Å²) in [5.74, 6) is 1.24. The van der Waals surface area contributed by atoms with Gasteiger partial charge in [0.15, 0.2) is 5.82 Å². The summed E-state index contributed by atoms with van der Waals surface area (Å²) in [7, 11) is 1.62. The summed E-state index contributed by atoms with van der Waals surface area (Å²) in [6, 6.07) is 19.5. The van der Waals surface area contributed by atoms with E-state index in [0.29, 0.717) is 18.3 Å². The Bertz CT molecular complexity index is 1290. The van der Waals surface area contributed by atoms with Crippen molar-refractivity contribution in [3.8, 4) is 17.1 Å². The molecule has 0 fully saturated rings. The first-order valence-corrected chi connectivity index (χ1v) is 11.9. The topological polar surface area (TPSA) is 85.2 Å². The largest absolute Gasteiger partial charge is 0.497 e. The molecule has 0 radical (unpaired) electrons. The van der Waals surface area contributed by atoms with Crippen molar-refractivity contribution < 1.29 is 9.53 Å². The molecule has 0 aliphatic rings. The Morgan fingerprint density at radius 2 is 1.81 bits per heavy atom. The maximum Gasteiger partial charge on any atom is 0.274 e. The maximum atomic E-state index is 13.1. The fraction of sp³-hybridized carbons (Fsp3) is 0.214. The van der Waals surface area contributed by atoms with Gasteiger partial charge in [-0.2, -0.15) is 9.67 Å². The number of carbonyl (C=O) groups excluding carboxylic acids is 1. The van der Waals surface area contributed by atoms with Crippen molar-refractivity contribution in [2.24, 2.45) is 0 Å². The molecule has 184 valence electrons. The first kappa shape index (κ1) is 24.7. The summed E-state index contributed by atoms with van der Waals surface area (Å²) >= 11 is 0. The normalized spacial score (nSPS) is 11.0. The SMILES string of the molecule is CCN(CC)c1ccc(CNc2nc(-c3cccnc3)nn2C(=O)C=Cc2ccc(OC)cc2)cc1. The van der Waals surface area contributed by atoms with Crippen LogP contribution < -0.4 is 15.0 Å². The van der Waals surface area contributed by atoms with Crippen molar-refractivity contribution in [3.05, 3.63) is 90.3 Å². The second kappa shape index (κ2) is 11.8. The van der Waals surface area contributed by atoms with Gasteiger partial charge in [0, 0.05) is 49.4 Å². The van der Waals surface area contributed by atoms with Gasteiger partial charge in [-0.3, -0.25) is 9.78 Å². The van der Waals surface area contributed by atoms with Gasteiger partial charge < -0.3 is 15.0 Å². The molecular formula is C28H30N6O2. The van der Waals surface area contributed by atoms with E-state index in [1.807, 2.05) is 36.4 Å². The van der Waals surface area contributed by atoms with E-state index in [1.54, 1.807) is 25.6 Å². The van der Waals surface area contributed by atoms with Crippen LogP contribution in [0.3, 0.4) is 0 Å². The number of nitrogens with zero attached hydrogens (tertiary/aromatic N) is 5. The summed E-state index contributed by atoms with van der Waals surface area (Å²) in [6.45, 7) is 6.71. The quantitative estimate of drug-likeness (QED) is 0.313. The van der Waals surface area contributed by atoms with Crippen molar-refractivity contribution >= 4 is 23.6 Å². The van der Waals surface area contributed by atoms with Crippen LogP contribution in [0.2, 0.25) is 0 Å². The molecule has 0 saturated heterocycles. The highest BCUT2D eigenvalue weighted by atomic mass is 16.5. The second-order valence-electron chi connectivity index (χ2n) is 8.05. The smallest absolute Gasteiger partial charge is 0.274 e. The molecule has 2 heterocycles. The average Bonchev–Trinajstić information content (AvgIpc) is 3.37. The highest BCUT2D eigenvalue weighted by Crippen LogP contribution is 2.19. The lowest BCUT2D eigenvalue weighted by Gasteiger charge is -2.21. The molecule has 1 N–H and O–H groups in total. The van der Waals surface area contributed by atoms with Crippen LogP contribution in [-0.4, -0.2) is 45.9 Å². The van der Waals surface area contributed by atoms with Crippen LogP contribution in [0.5, 0.6) is 5.75 Å². The molecule has 8 nitrogen and oxygen atoms in total. The van der Waals surface area contributed by atoms with Crippen LogP contribution >= 0.6 is 0 Å². The third kappa shape index (κ3) is 5.96. The van der Waals surface area contributed by atoms with Gasteiger partial charge in [-0.15, -0.1) is 5.10 Å². The molecular weight excluding hydrogens is 452 g/mol. The van der Waals surface area contributed by atoms with Gasteiger partial charge >= 0.3 is 0 Å². The van der Waals surface area contributed by atoms with Crippen molar-refractivity contribution in [1.29, 1.82) is 0 Å². The fourth-order valence-corrected chi connectivity index (χ4v) is 3.75. The zero-order valence-corrected chi connectivity index (χ0v) is 20.8. The van der Waals surface area contributed by atoms with Gasteiger partial charge in [-0.1, -0.05) is 24.3 Å². The lowest BCUT2D eigenvalue weighted by molar-refractivity contribution is 0.0957. The van der Waals surface area contributed by atoms with E-state index < -0.39 is 0 Å². The highest BCUT2D eigenvalue weighted by Gasteiger charge is 2.16. The standard InChI is InChI=1S/C28H30N6O2/c1-4-33(5-2)24-13-8-22(9-14-24)19-30-28-31-27(23-7-6-18-29-20-23)32-34(28)26(35)17-12-21-10-15-25(36-3)16-11-21/h6-18,20H,4-5,19H2,1-3H3,(H,30,31,32). The monoisotopic (exact) mass is 482 g/mol. The van der Waals surface area contributed by atoms with E-state index >= 15 is 0 Å². The maximum absolute atomic E-state index is 13.1. The third-order valence-corrected chi connectivity index (χ3v) is 5.79. The van der Waals surface area contributed by atoms with Crippen molar-refractivity contribution in [2.45, 2.75) is 20.4 Å². The summed E-state index contributed by atoms with van der Waals surface area (Å²) in [4.78, 5) is 24.1. The Labute approximate surface area is 211 Å². The number of methoxy groups -OCH3 is 1. The highest BCUT2D eigenvalue weighted by molar-refractivity contribution is 5.94. The molecule has 0 atom stereocenters.